The fourth-order valence-electron chi connectivity index (χ4n) is 3.84. The van der Waals surface area contributed by atoms with Crippen molar-refractivity contribution in [1.82, 2.24) is 15.1 Å². The van der Waals surface area contributed by atoms with E-state index in [4.69, 9.17) is 0 Å². The average molecular weight is 545 g/mol. The third kappa shape index (κ3) is 5.35. The molecule has 2 aromatic carbocycles. The number of hydrogen-bond acceptors (Lipinski definition) is 7. The Bertz CT molecular complexity index is 1390. The van der Waals surface area contributed by atoms with Crippen molar-refractivity contribution in [2.75, 3.05) is 19.4 Å². The van der Waals surface area contributed by atoms with Crippen molar-refractivity contribution < 1.29 is 32.7 Å². The summed E-state index contributed by atoms with van der Waals surface area (Å²) >= 11 is 0.845. The molecule has 3 N–H and O–H groups in total. The fourth-order valence-corrected chi connectivity index (χ4v) is 4.64. The van der Waals surface area contributed by atoms with Gasteiger partial charge >= 0.3 is 6.18 Å². The molecule has 1 aromatic heterocycles. The van der Waals surface area contributed by atoms with Gasteiger partial charge in [0.25, 0.3) is 17.7 Å². The topological polar surface area (TPSA) is 102 Å². The van der Waals surface area contributed by atoms with Crippen molar-refractivity contribution in [3.63, 3.8) is 0 Å². The molecule has 0 aliphatic carbocycles. The summed E-state index contributed by atoms with van der Waals surface area (Å²) in [4.78, 5) is 41.1. The lowest BCUT2D eigenvalue weighted by molar-refractivity contribution is -0.155. The minimum absolute atomic E-state index is 0.0974. The summed E-state index contributed by atoms with van der Waals surface area (Å²) < 4.78 is 42.1. The number of halogens is 3. The summed E-state index contributed by atoms with van der Waals surface area (Å²) in [6.07, 6.45) is -4.79. The van der Waals surface area contributed by atoms with Gasteiger partial charge < -0.3 is 20.6 Å². The number of imide groups is 1. The van der Waals surface area contributed by atoms with Crippen LogP contribution in [-0.4, -0.2) is 52.9 Å². The summed E-state index contributed by atoms with van der Waals surface area (Å²) in [6, 6.07) is 13.1. The second-order valence-corrected chi connectivity index (χ2v) is 9.57. The van der Waals surface area contributed by atoms with Gasteiger partial charge in [0.15, 0.2) is 11.8 Å². The van der Waals surface area contributed by atoms with Crippen molar-refractivity contribution in [3.8, 4) is 5.75 Å². The first-order chi connectivity index (χ1) is 18.0. The summed E-state index contributed by atoms with van der Waals surface area (Å²) in [5.41, 5.74) is -0.733. The molecular weight excluding hydrogens is 521 g/mol. The van der Waals surface area contributed by atoms with Gasteiger partial charge in [0.2, 0.25) is 0 Å². The number of nitrogens with zero attached hydrogens (tertiary/aromatic N) is 2. The molecule has 1 unspecified atom stereocenters. The summed E-state index contributed by atoms with van der Waals surface area (Å²) in [7, 11) is 2.96. The number of amides is 3. The smallest absolute Gasteiger partial charge is 0.413 e. The maximum atomic E-state index is 14.0. The molecule has 4 rings (SSSR count). The lowest BCUT2D eigenvalue weighted by Gasteiger charge is -2.22. The number of phenolic OH excluding ortho intramolecular Hbond substituents is 1. The first-order valence-corrected chi connectivity index (χ1v) is 12.2. The van der Waals surface area contributed by atoms with Gasteiger partial charge in [-0.3, -0.25) is 19.3 Å². The quantitative estimate of drug-likeness (QED) is 0.290. The predicted molar refractivity (Wildman–Crippen MR) is 135 cm³/mol. The second-order valence-electron chi connectivity index (χ2n) is 8.59. The molecular formula is C26H23F3N4O4S. The maximum Gasteiger partial charge on any atom is 0.413 e. The van der Waals surface area contributed by atoms with Gasteiger partial charge in [-0.15, -0.1) is 11.3 Å². The van der Waals surface area contributed by atoms with Crippen LogP contribution in [0.25, 0.3) is 0 Å². The van der Waals surface area contributed by atoms with Crippen molar-refractivity contribution in [3.05, 3.63) is 93.4 Å². The minimum Gasteiger partial charge on any atom is -0.505 e. The lowest BCUT2D eigenvalue weighted by Crippen LogP contribution is -2.38. The van der Waals surface area contributed by atoms with Crippen LogP contribution in [0.15, 0.2) is 77.4 Å². The van der Waals surface area contributed by atoms with Gasteiger partial charge in [-0.25, -0.2) is 0 Å². The van der Waals surface area contributed by atoms with Gasteiger partial charge in [-0.05, 0) is 29.1 Å². The Kier molecular flexibility index (Phi) is 7.44. The zero-order valence-electron chi connectivity index (χ0n) is 20.2. The monoisotopic (exact) mass is 544 g/mol. The average Bonchev–Trinajstić information content (AvgIpc) is 3.47. The van der Waals surface area contributed by atoms with Crippen LogP contribution in [0.1, 0.15) is 26.8 Å². The molecule has 8 nitrogen and oxygen atoms in total. The van der Waals surface area contributed by atoms with E-state index in [0.717, 1.165) is 16.2 Å². The fraction of sp³-hybridized carbons (Fsp3) is 0.192. The van der Waals surface area contributed by atoms with E-state index in [1.54, 1.807) is 30.3 Å². The van der Waals surface area contributed by atoms with E-state index >= 15 is 0 Å². The minimum atomic E-state index is -4.79. The van der Waals surface area contributed by atoms with Crippen molar-refractivity contribution in [1.29, 1.82) is 0 Å². The van der Waals surface area contributed by atoms with Crippen LogP contribution < -0.4 is 10.6 Å². The molecule has 198 valence electrons. The highest BCUT2D eigenvalue weighted by Gasteiger charge is 2.46. The summed E-state index contributed by atoms with van der Waals surface area (Å²) in [5.74, 6) is -2.91. The molecule has 2 heterocycles. The number of para-hydroxylation sites is 1. The largest absolute Gasteiger partial charge is 0.505 e. The molecule has 38 heavy (non-hydrogen) atoms. The van der Waals surface area contributed by atoms with Gasteiger partial charge in [-0.1, -0.05) is 42.5 Å². The number of rotatable bonds is 8. The number of hydrogen-bond donors (Lipinski definition) is 3. The van der Waals surface area contributed by atoms with E-state index in [1.807, 2.05) is 0 Å². The van der Waals surface area contributed by atoms with E-state index in [0.29, 0.717) is 5.56 Å². The van der Waals surface area contributed by atoms with E-state index in [1.165, 1.54) is 54.7 Å². The van der Waals surface area contributed by atoms with Gasteiger partial charge in [0.05, 0.1) is 17.8 Å². The first kappa shape index (κ1) is 26.7. The van der Waals surface area contributed by atoms with Crippen LogP contribution in [-0.2, 0) is 16.1 Å². The van der Waals surface area contributed by atoms with Crippen LogP contribution in [0.2, 0.25) is 0 Å². The van der Waals surface area contributed by atoms with Crippen LogP contribution >= 0.6 is 11.3 Å². The van der Waals surface area contributed by atoms with Crippen molar-refractivity contribution in [2.45, 2.75) is 18.8 Å². The highest BCUT2D eigenvalue weighted by atomic mass is 32.1. The van der Waals surface area contributed by atoms with Crippen LogP contribution in [0.4, 0.5) is 18.9 Å². The molecule has 1 atom stereocenters. The Morgan fingerprint density at radius 1 is 1.00 bits per heavy atom. The van der Waals surface area contributed by atoms with Gasteiger partial charge in [-0.2, -0.15) is 13.2 Å². The Hall–Kier alpha value is -4.32. The Morgan fingerprint density at radius 3 is 2.29 bits per heavy atom. The SMILES string of the molecule is CN(C)C(=O)c1cccc(NC2=C(NC(c3cccs3)C(F)(F)F)C(=O)N(Cc3ccccc3)C2=O)c1O. The predicted octanol–water partition coefficient (Wildman–Crippen LogP) is 4.24. The first-order valence-electron chi connectivity index (χ1n) is 11.3. The van der Waals surface area contributed by atoms with Crippen molar-refractivity contribution >= 4 is 34.7 Å². The van der Waals surface area contributed by atoms with Gasteiger partial charge in [0.1, 0.15) is 11.4 Å². The number of anilines is 1. The molecule has 0 bridgehead atoms. The number of phenols is 1. The Labute approximate surface area is 220 Å². The molecule has 3 amide bonds. The highest BCUT2D eigenvalue weighted by Crippen LogP contribution is 2.38. The van der Waals surface area contributed by atoms with Crippen LogP contribution in [0, 0.1) is 0 Å². The van der Waals surface area contributed by atoms with E-state index in [9.17, 15) is 32.7 Å². The van der Waals surface area contributed by atoms with E-state index in [-0.39, 0.29) is 22.7 Å². The van der Waals surface area contributed by atoms with E-state index in [2.05, 4.69) is 10.6 Å². The third-order valence-corrected chi connectivity index (χ3v) is 6.66. The number of thiophene rings is 1. The zero-order chi connectivity index (χ0) is 27.6. The number of carbonyl (C=O) groups is 3. The Morgan fingerprint density at radius 2 is 1.68 bits per heavy atom. The zero-order valence-corrected chi connectivity index (χ0v) is 21.1. The normalized spacial score (nSPS) is 14.6. The Balaban J connectivity index is 1.77. The van der Waals surface area contributed by atoms with E-state index < -0.39 is 47.1 Å². The third-order valence-electron chi connectivity index (χ3n) is 5.73. The molecule has 1 aliphatic rings. The number of carbonyl (C=O) groups excluding carboxylic acids is 3. The lowest BCUT2D eigenvalue weighted by atomic mass is 10.1. The molecule has 12 heteroatoms. The highest BCUT2D eigenvalue weighted by molar-refractivity contribution is 7.10. The molecule has 0 saturated carbocycles. The molecule has 3 aromatic rings. The number of benzene rings is 2. The molecule has 0 saturated heterocycles. The second kappa shape index (κ2) is 10.6. The van der Waals surface area contributed by atoms with Crippen LogP contribution in [0.5, 0.6) is 5.75 Å². The summed E-state index contributed by atoms with van der Waals surface area (Å²) in [5, 5.41) is 17.0. The van der Waals surface area contributed by atoms with Crippen molar-refractivity contribution in [2.24, 2.45) is 0 Å². The molecule has 0 spiro atoms. The number of alkyl halides is 3. The molecule has 0 fully saturated rings. The standard InChI is InChI=1S/C26H23F3N4O4S/c1-32(2)23(35)16-10-6-11-17(21(16)34)30-19-20(31-22(26(27,28)29)18-12-7-13-38-18)25(37)33(24(19)36)14-15-8-4-3-5-9-15/h3-13,22,30-31,34H,14H2,1-2H3. The maximum absolute atomic E-state index is 14.0. The number of nitrogens with one attached hydrogen (secondary N) is 2. The molecule has 0 radical (unpaired) electrons. The molecule has 1 aliphatic heterocycles. The van der Waals surface area contributed by atoms with Gasteiger partial charge in [0, 0.05) is 19.0 Å². The number of aromatic hydroxyl groups is 1. The summed E-state index contributed by atoms with van der Waals surface area (Å²) in [6.45, 7) is -0.185. The van der Waals surface area contributed by atoms with Crippen LogP contribution in [0.3, 0.4) is 0 Å².